The van der Waals surface area contributed by atoms with Crippen LogP contribution in [0.5, 0.6) is 0 Å². The van der Waals surface area contributed by atoms with Crippen LogP contribution in [0.1, 0.15) is 11.1 Å². The largest absolute Gasteiger partial charge is 0.462 e. The van der Waals surface area contributed by atoms with Gasteiger partial charge in [-0.3, -0.25) is 9.69 Å². The lowest BCUT2D eigenvalue weighted by Gasteiger charge is -2.36. The van der Waals surface area contributed by atoms with Gasteiger partial charge in [0.1, 0.15) is 0 Å². The van der Waals surface area contributed by atoms with Crippen molar-refractivity contribution in [2.45, 2.75) is 13.5 Å². The lowest BCUT2D eigenvalue weighted by Crippen LogP contribution is -2.46. The average molecular weight is 403 g/mol. The molecule has 0 saturated carbocycles. The molecule has 0 aliphatic carbocycles. The zero-order valence-corrected chi connectivity index (χ0v) is 16.6. The molecule has 0 amide bonds. The lowest BCUT2D eigenvalue weighted by molar-refractivity contribution is 0.247. The molecule has 1 saturated heterocycles. The Morgan fingerprint density at radius 2 is 1.81 bits per heavy atom. The van der Waals surface area contributed by atoms with Crippen LogP contribution < -0.4 is 10.3 Å². The van der Waals surface area contributed by atoms with Crippen LogP contribution in [0.3, 0.4) is 0 Å². The van der Waals surface area contributed by atoms with Gasteiger partial charge < -0.3 is 9.32 Å². The summed E-state index contributed by atoms with van der Waals surface area (Å²) in [5, 5.41) is 1.22. The Labute approximate surface area is 167 Å². The number of piperazine rings is 1. The van der Waals surface area contributed by atoms with E-state index >= 15 is 0 Å². The van der Waals surface area contributed by atoms with Crippen molar-refractivity contribution in [3.8, 4) is 0 Å². The Morgan fingerprint density at radius 1 is 1.07 bits per heavy atom. The van der Waals surface area contributed by atoms with Crippen molar-refractivity contribution >= 4 is 39.9 Å². The summed E-state index contributed by atoms with van der Waals surface area (Å²) in [5.74, 6) is 0. The van der Waals surface area contributed by atoms with E-state index in [1.165, 1.54) is 17.5 Å². The molecule has 140 valence electrons. The molecule has 0 unspecified atom stereocenters. The van der Waals surface area contributed by atoms with Crippen molar-refractivity contribution in [1.82, 2.24) is 4.90 Å². The molecule has 4 rings (SSSR count). The molecule has 1 aliphatic heterocycles. The molecule has 0 atom stereocenters. The number of benzene rings is 2. The number of anilines is 1. The SMILES string of the molecule is Cc1ccccc1N1CCN(Cc2coc3c(Cl)cc(Cl)cc3c2=O)CC1. The minimum atomic E-state index is -0.0676. The van der Waals surface area contributed by atoms with Crippen molar-refractivity contribution < 1.29 is 4.42 Å². The molecule has 1 aromatic heterocycles. The van der Waals surface area contributed by atoms with E-state index in [9.17, 15) is 4.79 Å². The molecule has 3 aromatic rings. The van der Waals surface area contributed by atoms with Crippen LogP contribution in [-0.4, -0.2) is 31.1 Å². The highest BCUT2D eigenvalue weighted by atomic mass is 35.5. The van der Waals surface area contributed by atoms with Gasteiger partial charge in [-0.25, -0.2) is 0 Å². The number of hydrogen-bond donors (Lipinski definition) is 0. The number of para-hydroxylation sites is 1. The number of halogens is 2. The topological polar surface area (TPSA) is 36.7 Å². The smallest absolute Gasteiger partial charge is 0.197 e. The monoisotopic (exact) mass is 402 g/mol. The summed E-state index contributed by atoms with van der Waals surface area (Å²) in [6.45, 7) is 6.34. The maximum atomic E-state index is 12.8. The Morgan fingerprint density at radius 3 is 2.56 bits per heavy atom. The molecule has 6 heteroatoms. The number of aryl methyl sites for hydroxylation is 1. The molecule has 2 aromatic carbocycles. The zero-order valence-electron chi connectivity index (χ0n) is 15.0. The highest BCUT2D eigenvalue weighted by molar-refractivity contribution is 6.38. The van der Waals surface area contributed by atoms with Crippen LogP contribution in [0.4, 0.5) is 5.69 Å². The molecule has 0 radical (unpaired) electrons. The molecule has 0 N–H and O–H groups in total. The van der Waals surface area contributed by atoms with Crippen molar-refractivity contribution in [2.75, 3.05) is 31.1 Å². The predicted octanol–water partition coefficient (Wildman–Crippen LogP) is 4.73. The van der Waals surface area contributed by atoms with Gasteiger partial charge in [0.25, 0.3) is 0 Å². The first-order chi connectivity index (χ1) is 13.0. The second-order valence-corrected chi connectivity index (χ2v) is 7.75. The van der Waals surface area contributed by atoms with Crippen LogP contribution in [0.25, 0.3) is 11.0 Å². The van der Waals surface area contributed by atoms with Gasteiger partial charge >= 0.3 is 0 Å². The summed E-state index contributed by atoms with van der Waals surface area (Å²) in [7, 11) is 0. The second kappa shape index (κ2) is 7.55. The van der Waals surface area contributed by atoms with Gasteiger partial charge in [0.2, 0.25) is 0 Å². The van der Waals surface area contributed by atoms with Gasteiger partial charge in [0.15, 0.2) is 11.0 Å². The molecule has 27 heavy (non-hydrogen) atoms. The summed E-state index contributed by atoms with van der Waals surface area (Å²) in [5.41, 5.74) is 3.52. The van der Waals surface area contributed by atoms with Crippen molar-refractivity contribution in [2.24, 2.45) is 0 Å². The highest BCUT2D eigenvalue weighted by Gasteiger charge is 2.20. The molecule has 1 aliphatic rings. The van der Waals surface area contributed by atoms with Crippen LogP contribution in [0.15, 0.2) is 51.9 Å². The standard InChI is InChI=1S/C21H20Cl2N2O2/c1-14-4-2-3-5-19(14)25-8-6-24(7-9-25)12-15-13-27-21-17(20(15)26)10-16(22)11-18(21)23/h2-5,10-11,13H,6-9,12H2,1H3. The summed E-state index contributed by atoms with van der Waals surface area (Å²) in [4.78, 5) is 17.5. The van der Waals surface area contributed by atoms with E-state index in [1.807, 2.05) is 0 Å². The number of fused-ring (bicyclic) bond motifs is 1. The highest BCUT2D eigenvalue weighted by Crippen LogP contribution is 2.27. The van der Waals surface area contributed by atoms with E-state index in [1.54, 1.807) is 12.1 Å². The van der Waals surface area contributed by atoms with Gasteiger partial charge in [0, 0.05) is 49.0 Å². The van der Waals surface area contributed by atoms with Gasteiger partial charge in [-0.05, 0) is 30.7 Å². The van der Waals surface area contributed by atoms with Crippen LogP contribution >= 0.6 is 23.2 Å². The first kappa shape index (κ1) is 18.4. The maximum absolute atomic E-state index is 12.8. The summed E-state index contributed by atoms with van der Waals surface area (Å²) >= 11 is 12.2. The predicted molar refractivity (Wildman–Crippen MR) is 111 cm³/mol. The lowest BCUT2D eigenvalue weighted by atomic mass is 10.1. The Hall–Kier alpha value is -2.01. The van der Waals surface area contributed by atoms with Crippen LogP contribution in [-0.2, 0) is 6.54 Å². The van der Waals surface area contributed by atoms with Crippen molar-refractivity contribution in [1.29, 1.82) is 0 Å². The summed E-state index contributed by atoms with van der Waals surface area (Å²) in [6, 6.07) is 11.6. The third kappa shape index (κ3) is 3.70. The molecule has 2 heterocycles. The fourth-order valence-corrected chi connectivity index (χ4v) is 4.16. The van der Waals surface area contributed by atoms with E-state index in [-0.39, 0.29) is 5.43 Å². The normalized spacial score (nSPS) is 15.4. The molecule has 0 spiro atoms. The van der Waals surface area contributed by atoms with E-state index in [2.05, 4.69) is 41.0 Å². The van der Waals surface area contributed by atoms with Gasteiger partial charge in [0.05, 0.1) is 16.7 Å². The van der Waals surface area contributed by atoms with E-state index in [0.717, 1.165) is 26.2 Å². The molecular weight excluding hydrogens is 383 g/mol. The second-order valence-electron chi connectivity index (χ2n) is 6.90. The number of nitrogens with zero attached hydrogens (tertiary/aromatic N) is 2. The third-order valence-electron chi connectivity index (χ3n) is 5.09. The Balaban J connectivity index is 1.50. The first-order valence-electron chi connectivity index (χ1n) is 8.95. The zero-order chi connectivity index (χ0) is 19.0. The third-order valence-corrected chi connectivity index (χ3v) is 5.59. The average Bonchev–Trinajstić information content (AvgIpc) is 2.65. The Bertz CT molecular complexity index is 1040. The molecular formula is C21H20Cl2N2O2. The number of rotatable bonds is 3. The summed E-state index contributed by atoms with van der Waals surface area (Å²) in [6.07, 6.45) is 1.53. The summed E-state index contributed by atoms with van der Waals surface area (Å²) < 4.78 is 5.63. The number of hydrogen-bond acceptors (Lipinski definition) is 4. The van der Waals surface area contributed by atoms with Gasteiger partial charge in [-0.15, -0.1) is 0 Å². The molecule has 1 fully saturated rings. The van der Waals surface area contributed by atoms with Crippen molar-refractivity contribution in [3.63, 3.8) is 0 Å². The van der Waals surface area contributed by atoms with E-state index in [4.69, 9.17) is 27.6 Å². The molecule has 0 bridgehead atoms. The van der Waals surface area contributed by atoms with Crippen LogP contribution in [0.2, 0.25) is 10.0 Å². The van der Waals surface area contributed by atoms with Gasteiger partial charge in [-0.1, -0.05) is 41.4 Å². The quantitative estimate of drug-likeness (QED) is 0.634. The minimum Gasteiger partial charge on any atom is -0.462 e. The van der Waals surface area contributed by atoms with Crippen LogP contribution in [0, 0.1) is 6.92 Å². The molecule has 4 nitrogen and oxygen atoms in total. The fraction of sp³-hybridized carbons (Fsp3) is 0.286. The maximum Gasteiger partial charge on any atom is 0.197 e. The van der Waals surface area contributed by atoms with E-state index < -0.39 is 0 Å². The Kier molecular flexibility index (Phi) is 5.13. The minimum absolute atomic E-state index is 0.0676. The fourth-order valence-electron chi connectivity index (χ4n) is 3.62. The van der Waals surface area contributed by atoms with Crippen molar-refractivity contribution in [3.05, 3.63) is 74.1 Å². The van der Waals surface area contributed by atoms with E-state index in [0.29, 0.717) is 33.1 Å². The van der Waals surface area contributed by atoms with Gasteiger partial charge in [-0.2, -0.15) is 0 Å². The first-order valence-corrected chi connectivity index (χ1v) is 9.71.